The van der Waals surface area contributed by atoms with Crippen molar-refractivity contribution >= 4 is 11.3 Å². The molecule has 0 radical (unpaired) electrons. The maximum Gasteiger partial charge on any atom is 0.0946 e. The van der Waals surface area contributed by atoms with Gasteiger partial charge >= 0.3 is 0 Å². The van der Waals surface area contributed by atoms with Gasteiger partial charge in [0.15, 0.2) is 0 Å². The number of nitrogens with one attached hydrogen (secondary N) is 1. The molecule has 1 aliphatic heterocycles. The second-order valence-electron chi connectivity index (χ2n) is 5.14. The quantitative estimate of drug-likeness (QED) is 0.861. The number of rotatable bonds is 6. The van der Waals surface area contributed by atoms with E-state index in [9.17, 15) is 0 Å². The number of aromatic nitrogens is 1. The molecule has 0 bridgehead atoms. The zero-order chi connectivity index (χ0) is 13.0. The lowest BCUT2D eigenvalue weighted by molar-refractivity contribution is 0.176. The van der Waals surface area contributed by atoms with Crippen molar-refractivity contribution in [1.29, 1.82) is 0 Å². The summed E-state index contributed by atoms with van der Waals surface area (Å²) < 4.78 is 5.53. The molecular formula is C14H24N2OS. The van der Waals surface area contributed by atoms with Crippen molar-refractivity contribution in [3.63, 3.8) is 0 Å². The van der Waals surface area contributed by atoms with Gasteiger partial charge < -0.3 is 10.1 Å². The van der Waals surface area contributed by atoms with Crippen LogP contribution >= 0.6 is 11.3 Å². The van der Waals surface area contributed by atoms with E-state index in [1.54, 1.807) is 0 Å². The standard InChI is InChI=1S/C14H24N2OS/c1-4-6-15-13(12-5-7-17-9-12)8-14-16-10(2)11(3)18-14/h12-13,15H,4-9H2,1-3H3. The van der Waals surface area contributed by atoms with Crippen LogP contribution in [0.2, 0.25) is 0 Å². The van der Waals surface area contributed by atoms with Crippen molar-refractivity contribution < 1.29 is 4.74 Å². The van der Waals surface area contributed by atoms with Crippen molar-refractivity contribution in [2.75, 3.05) is 19.8 Å². The second-order valence-corrected chi connectivity index (χ2v) is 6.43. The third kappa shape index (κ3) is 3.53. The van der Waals surface area contributed by atoms with E-state index in [0.29, 0.717) is 12.0 Å². The first-order valence-electron chi connectivity index (χ1n) is 6.94. The Balaban J connectivity index is 1.99. The largest absolute Gasteiger partial charge is 0.381 e. The van der Waals surface area contributed by atoms with Crippen LogP contribution < -0.4 is 5.32 Å². The molecule has 0 aliphatic carbocycles. The van der Waals surface area contributed by atoms with Crippen molar-refractivity contribution in [2.24, 2.45) is 5.92 Å². The molecule has 1 fully saturated rings. The lowest BCUT2D eigenvalue weighted by atomic mass is 9.96. The first-order valence-corrected chi connectivity index (χ1v) is 7.76. The Morgan fingerprint density at radius 1 is 1.50 bits per heavy atom. The molecule has 1 aromatic heterocycles. The molecule has 0 amide bonds. The highest BCUT2D eigenvalue weighted by Gasteiger charge is 2.26. The second kappa shape index (κ2) is 6.64. The Labute approximate surface area is 114 Å². The van der Waals surface area contributed by atoms with Crippen LogP contribution in [0.25, 0.3) is 0 Å². The number of hydrogen-bond donors (Lipinski definition) is 1. The number of aryl methyl sites for hydroxylation is 2. The molecule has 2 atom stereocenters. The number of ether oxygens (including phenoxy) is 1. The summed E-state index contributed by atoms with van der Waals surface area (Å²) in [7, 11) is 0. The van der Waals surface area contributed by atoms with E-state index in [1.165, 1.54) is 28.4 Å². The fraction of sp³-hybridized carbons (Fsp3) is 0.786. The van der Waals surface area contributed by atoms with E-state index in [-0.39, 0.29) is 0 Å². The van der Waals surface area contributed by atoms with Crippen molar-refractivity contribution in [2.45, 2.75) is 46.1 Å². The molecular weight excluding hydrogens is 244 g/mol. The smallest absolute Gasteiger partial charge is 0.0946 e. The van der Waals surface area contributed by atoms with Crippen LogP contribution in [0.4, 0.5) is 0 Å². The molecule has 1 aliphatic rings. The summed E-state index contributed by atoms with van der Waals surface area (Å²) in [4.78, 5) is 6.02. The highest BCUT2D eigenvalue weighted by atomic mass is 32.1. The van der Waals surface area contributed by atoms with Crippen LogP contribution in [0.15, 0.2) is 0 Å². The number of thiazole rings is 1. The lowest BCUT2D eigenvalue weighted by Crippen LogP contribution is -2.38. The van der Waals surface area contributed by atoms with Crippen molar-refractivity contribution in [3.8, 4) is 0 Å². The summed E-state index contributed by atoms with van der Waals surface area (Å²) >= 11 is 1.84. The van der Waals surface area contributed by atoms with Gasteiger partial charge in [0.05, 0.1) is 17.3 Å². The molecule has 0 aromatic carbocycles. The van der Waals surface area contributed by atoms with Gasteiger partial charge in [0.25, 0.3) is 0 Å². The van der Waals surface area contributed by atoms with Crippen LogP contribution in [0.5, 0.6) is 0 Å². The first-order chi connectivity index (χ1) is 8.70. The van der Waals surface area contributed by atoms with E-state index < -0.39 is 0 Å². The minimum absolute atomic E-state index is 0.525. The average molecular weight is 268 g/mol. The van der Waals surface area contributed by atoms with E-state index in [4.69, 9.17) is 4.74 Å². The van der Waals surface area contributed by atoms with Crippen LogP contribution in [-0.4, -0.2) is 30.8 Å². The van der Waals surface area contributed by atoms with Gasteiger partial charge in [-0.25, -0.2) is 4.98 Å². The van der Waals surface area contributed by atoms with E-state index in [1.807, 2.05) is 11.3 Å². The summed E-state index contributed by atoms with van der Waals surface area (Å²) in [6.45, 7) is 9.39. The molecule has 1 aromatic rings. The van der Waals surface area contributed by atoms with Gasteiger partial charge in [0.2, 0.25) is 0 Å². The molecule has 1 N–H and O–H groups in total. The third-order valence-corrected chi connectivity index (χ3v) is 4.75. The molecule has 18 heavy (non-hydrogen) atoms. The Kier molecular flexibility index (Phi) is 5.15. The van der Waals surface area contributed by atoms with Gasteiger partial charge in [-0.15, -0.1) is 11.3 Å². The summed E-state index contributed by atoms with van der Waals surface area (Å²) in [5.41, 5.74) is 1.19. The van der Waals surface area contributed by atoms with Crippen LogP contribution in [0.1, 0.15) is 35.3 Å². The molecule has 4 heteroatoms. The van der Waals surface area contributed by atoms with Crippen molar-refractivity contribution in [1.82, 2.24) is 10.3 Å². The maximum atomic E-state index is 5.53. The molecule has 3 nitrogen and oxygen atoms in total. The number of nitrogens with zero attached hydrogens (tertiary/aromatic N) is 1. The van der Waals surface area contributed by atoms with Crippen LogP contribution in [0, 0.1) is 19.8 Å². The summed E-state index contributed by atoms with van der Waals surface area (Å²) in [5.74, 6) is 0.654. The SMILES string of the molecule is CCCNC(Cc1nc(C)c(C)s1)C1CCOC1. The van der Waals surface area contributed by atoms with Gasteiger partial charge in [0, 0.05) is 29.9 Å². The minimum atomic E-state index is 0.525. The van der Waals surface area contributed by atoms with Gasteiger partial charge in [-0.2, -0.15) is 0 Å². The predicted octanol–water partition coefficient (Wildman–Crippen LogP) is 2.71. The summed E-state index contributed by atoms with van der Waals surface area (Å²) in [6.07, 6.45) is 3.41. The molecule has 1 saturated heterocycles. The molecule has 2 rings (SSSR count). The molecule has 102 valence electrons. The predicted molar refractivity (Wildman–Crippen MR) is 76.3 cm³/mol. The highest BCUT2D eigenvalue weighted by molar-refractivity contribution is 7.11. The highest BCUT2D eigenvalue weighted by Crippen LogP contribution is 2.23. The third-order valence-electron chi connectivity index (χ3n) is 3.66. The molecule has 2 unspecified atom stereocenters. The Hall–Kier alpha value is -0.450. The molecule has 0 spiro atoms. The van der Waals surface area contributed by atoms with Gasteiger partial charge in [-0.1, -0.05) is 6.92 Å². The van der Waals surface area contributed by atoms with E-state index in [2.05, 4.69) is 31.1 Å². The zero-order valence-electron chi connectivity index (χ0n) is 11.7. The molecule has 2 heterocycles. The topological polar surface area (TPSA) is 34.2 Å². The molecule has 0 saturated carbocycles. The normalized spacial score (nSPS) is 21.4. The summed E-state index contributed by atoms with van der Waals surface area (Å²) in [6, 6.07) is 0.525. The van der Waals surface area contributed by atoms with Gasteiger partial charge in [0.1, 0.15) is 0 Å². The summed E-state index contributed by atoms with van der Waals surface area (Å²) in [5, 5.41) is 4.94. The minimum Gasteiger partial charge on any atom is -0.381 e. The van der Waals surface area contributed by atoms with E-state index in [0.717, 1.165) is 26.2 Å². The van der Waals surface area contributed by atoms with Gasteiger partial charge in [-0.05, 0) is 33.2 Å². The van der Waals surface area contributed by atoms with E-state index >= 15 is 0 Å². The number of hydrogen-bond acceptors (Lipinski definition) is 4. The average Bonchev–Trinajstić information content (AvgIpc) is 2.96. The van der Waals surface area contributed by atoms with Gasteiger partial charge in [-0.3, -0.25) is 0 Å². The monoisotopic (exact) mass is 268 g/mol. The Morgan fingerprint density at radius 3 is 2.89 bits per heavy atom. The fourth-order valence-corrected chi connectivity index (χ4v) is 3.41. The zero-order valence-corrected chi connectivity index (χ0v) is 12.5. The van der Waals surface area contributed by atoms with Crippen LogP contribution in [-0.2, 0) is 11.2 Å². The Bertz CT molecular complexity index is 352. The Morgan fingerprint density at radius 2 is 2.33 bits per heavy atom. The van der Waals surface area contributed by atoms with Crippen molar-refractivity contribution in [3.05, 3.63) is 15.6 Å². The fourth-order valence-electron chi connectivity index (χ4n) is 2.42. The first kappa shape index (κ1) is 14.0. The maximum absolute atomic E-state index is 5.53. The lowest BCUT2D eigenvalue weighted by Gasteiger charge is -2.22. The van der Waals surface area contributed by atoms with Crippen LogP contribution in [0.3, 0.4) is 0 Å².